The van der Waals surface area contributed by atoms with Gasteiger partial charge in [0.1, 0.15) is 17.1 Å². The minimum atomic E-state index is -0.260. The molecule has 0 radical (unpaired) electrons. The second-order valence-electron chi connectivity index (χ2n) is 10.8. The fourth-order valence-electron chi connectivity index (χ4n) is 5.74. The Kier molecular flexibility index (Phi) is 7.90. The fourth-order valence-corrected chi connectivity index (χ4v) is 5.86. The van der Waals surface area contributed by atoms with Crippen LogP contribution in [-0.2, 0) is 5.41 Å². The zero-order valence-electron chi connectivity index (χ0n) is 19.7. The average molecular weight is 448 g/mol. The molecule has 0 unspecified atom stereocenters. The third-order valence-electron chi connectivity index (χ3n) is 7.71. The largest absolute Gasteiger partial charge is 0.508 e. The summed E-state index contributed by atoms with van der Waals surface area (Å²) < 4.78 is 6.51. The predicted molar refractivity (Wildman–Crippen MR) is 131 cm³/mol. The third kappa shape index (κ3) is 5.54. The third-order valence-corrected chi connectivity index (χ3v) is 7.88. The van der Waals surface area contributed by atoms with E-state index < -0.39 is 0 Å². The van der Waals surface area contributed by atoms with Gasteiger partial charge < -0.3 is 20.3 Å². The van der Waals surface area contributed by atoms with Crippen LogP contribution in [0.5, 0.6) is 11.5 Å². The first kappa shape index (κ1) is 24.3. The molecular formula is C26H41NO3S. The molecule has 3 N–H and O–H groups in total. The highest BCUT2D eigenvalue weighted by Gasteiger charge is 2.47. The van der Waals surface area contributed by atoms with E-state index in [0.717, 1.165) is 61.9 Å². The van der Waals surface area contributed by atoms with Crippen molar-refractivity contribution in [2.45, 2.75) is 96.0 Å². The van der Waals surface area contributed by atoms with Gasteiger partial charge in [-0.3, -0.25) is 0 Å². The Morgan fingerprint density at radius 1 is 1.19 bits per heavy atom. The monoisotopic (exact) mass is 447 g/mol. The maximum absolute atomic E-state index is 11.1. The molecule has 0 bridgehead atoms. The van der Waals surface area contributed by atoms with E-state index in [1.807, 2.05) is 6.07 Å². The Hall–Kier alpha value is -1.33. The van der Waals surface area contributed by atoms with Crippen molar-refractivity contribution in [2.24, 2.45) is 11.8 Å². The number of aromatic hydroxyl groups is 1. The number of aliphatic hydroxyl groups is 1. The molecule has 2 aliphatic rings. The first-order valence-corrected chi connectivity index (χ1v) is 12.5. The number of ether oxygens (including phenoxy) is 1. The van der Waals surface area contributed by atoms with Crippen molar-refractivity contribution in [2.75, 3.05) is 13.2 Å². The van der Waals surface area contributed by atoms with Gasteiger partial charge in [0.25, 0.3) is 0 Å². The lowest BCUT2D eigenvalue weighted by atomic mass is 9.63. The molecule has 31 heavy (non-hydrogen) atoms. The van der Waals surface area contributed by atoms with E-state index in [1.165, 1.54) is 12.8 Å². The Bertz CT molecular complexity index is 761. The summed E-state index contributed by atoms with van der Waals surface area (Å²) in [6, 6.07) is 4.16. The molecule has 5 heteroatoms. The van der Waals surface area contributed by atoms with Crippen LogP contribution in [0.25, 0.3) is 0 Å². The van der Waals surface area contributed by atoms with E-state index in [2.05, 4.69) is 39.1 Å². The quantitative estimate of drug-likeness (QED) is 0.311. The number of unbranched alkanes of at least 4 members (excludes halogenated alkanes) is 3. The standard InChI is InChI=1S/C26H41NO3S/c1-25(2,11-7-5-6-8-12-27-17-31)19-14-22(29)24-20-13-18(16-28)9-10-21(20)26(3,4)30-23(24)15-19/h14-15,17-18,20-21,28-29H,5-13,16H2,1-4H3,(H,27,31)/t18-,20-,21-/m1/s1. The van der Waals surface area contributed by atoms with Crippen molar-refractivity contribution in [3.05, 3.63) is 23.3 Å². The summed E-state index contributed by atoms with van der Waals surface area (Å²) in [5.74, 6) is 2.16. The molecule has 1 fully saturated rings. The number of hydrogen-bond acceptors (Lipinski definition) is 4. The molecule has 4 nitrogen and oxygen atoms in total. The minimum absolute atomic E-state index is 0.0241. The number of hydrogen-bond donors (Lipinski definition) is 3. The number of rotatable bonds is 10. The smallest absolute Gasteiger partial charge is 0.127 e. The molecule has 0 spiro atoms. The zero-order valence-corrected chi connectivity index (χ0v) is 20.6. The van der Waals surface area contributed by atoms with E-state index in [1.54, 1.807) is 5.49 Å². The van der Waals surface area contributed by atoms with Gasteiger partial charge in [-0.15, -0.1) is 0 Å². The van der Waals surface area contributed by atoms with Gasteiger partial charge >= 0.3 is 0 Å². The highest BCUT2D eigenvalue weighted by Crippen LogP contribution is 2.56. The van der Waals surface area contributed by atoms with E-state index in [0.29, 0.717) is 17.6 Å². The predicted octanol–water partition coefficient (Wildman–Crippen LogP) is 5.83. The van der Waals surface area contributed by atoms with Crippen LogP contribution >= 0.6 is 12.2 Å². The van der Waals surface area contributed by atoms with Crippen molar-refractivity contribution in [3.63, 3.8) is 0 Å². The van der Waals surface area contributed by atoms with Gasteiger partial charge in [-0.1, -0.05) is 45.3 Å². The van der Waals surface area contributed by atoms with Gasteiger partial charge in [0, 0.05) is 24.6 Å². The highest BCUT2D eigenvalue weighted by molar-refractivity contribution is 7.78. The maximum Gasteiger partial charge on any atom is 0.127 e. The van der Waals surface area contributed by atoms with Gasteiger partial charge in [0.15, 0.2) is 0 Å². The van der Waals surface area contributed by atoms with Crippen molar-refractivity contribution in [1.29, 1.82) is 0 Å². The molecule has 3 atom stereocenters. The summed E-state index contributed by atoms with van der Waals surface area (Å²) in [6.45, 7) is 10.1. The number of phenols is 1. The maximum atomic E-state index is 11.1. The van der Waals surface area contributed by atoms with Gasteiger partial charge in [0.2, 0.25) is 0 Å². The molecule has 0 saturated heterocycles. The van der Waals surface area contributed by atoms with E-state index in [-0.39, 0.29) is 23.5 Å². The molecule has 1 aromatic rings. The molecular weight excluding hydrogens is 406 g/mol. The number of aliphatic hydroxyl groups excluding tert-OH is 1. The van der Waals surface area contributed by atoms with Crippen LogP contribution in [0, 0.1) is 11.8 Å². The fraction of sp³-hybridized carbons (Fsp3) is 0.731. The Balaban J connectivity index is 1.75. The van der Waals surface area contributed by atoms with Crippen molar-refractivity contribution < 1.29 is 14.9 Å². The first-order chi connectivity index (χ1) is 14.7. The summed E-state index contributed by atoms with van der Waals surface area (Å²) in [6.07, 6.45) is 8.79. The summed E-state index contributed by atoms with van der Waals surface area (Å²) >= 11 is 4.79. The lowest BCUT2D eigenvalue weighted by molar-refractivity contribution is -0.0211. The van der Waals surface area contributed by atoms with E-state index >= 15 is 0 Å². The van der Waals surface area contributed by atoms with Gasteiger partial charge in [0.05, 0.1) is 5.49 Å². The Morgan fingerprint density at radius 3 is 2.65 bits per heavy atom. The summed E-state index contributed by atoms with van der Waals surface area (Å²) in [5.41, 5.74) is 3.42. The van der Waals surface area contributed by atoms with Crippen LogP contribution in [0.1, 0.15) is 96.1 Å². The number of benzene rings is 1. The molecule has 174 valence electrons. The summed E-state index contributed by atoms with van der Waals surface area (Å²) in [7, 11) is 0. The van der Waals surface area contributed by atoms with Crippen LogP contribution in [-0.4, -0.2) is 34.5 Å². The normalized spacial score (nSPS) is 24.6. The average Bonchev–Trinajstić information content (AvgIpc) is 2.71. The molecule has 3 rings (SSSR count). The number of nitrogens with one attached hydrogen (secondary N) is 1. The van der Waals surface area contributed by atoms with Crippen LogP contribution in [0.3, 0.4) is 0 Å². The van der Waals surface area contributed by atoms with Crippen molar-refractivity contribution in [3.8, 4) is 11.5 Å². The SMILES string of the molecule is CC(C)(CCCCCCNC=S)c1cc(O)c2c(c1)OC(C)(C)[C@@H]1CC[C@@H](CO)C[C@@H]21. The van der Waals surface area contributed by atoms with Crippen LogP contribution in [0.4, 0.5) is 0 Å². The molecule has 1 heterocycles. The van der Waals surface area contributed by atoms with Crippen LogP contribution < -0.4 is 10.1 Å². The van der Waals surface area contributed by atoms with Gasteiger partial charge in [-0.2, -0.15) is 0 Å². The summed E-state index contributed by atoms with van der Waals surface area (Å²) in [5, 5.41) is 23.9. The minimum Gasteiger partial charge on any atom is -0.508 e. The number of thiocarbonyl (C=S) groups is 1. The second-order valence-corrected chi connectivity index (χ2v) is 11.0. The topological polar surface area (TPSA) is 61.7 Å². The van der Waals surface area contributed by atoms with Crippen molar-refractivity contribution >= 4 is 17.7 Å². The van der Waals surface area contributed by atoms with Crippen LogP contribution in [0.15, 0.2) is 12.1 Å². The molecule has 0 amide bonds. The molecule has 1 aliphatic heterocycles. The van der Waals surface area contributed by atoms with Crippen LogP contribution in [0.2, 0.25) is 0 Å². The Morgan fingerprint density at radius 2 is 1.94 bits per heavy atom. The van der Waals surface area contributed by atoms with Gasteiger partial charge in [-0.25, -0.2) is 0 Å². The molecule has 1 aromatic carbocycles. The molecule has 1 aliphatic carbocycles. The molecule has 0 aromatic heterocycles. The lowest BCUT2D eigenvalue weighted by Gasteiger charge is -2.49. The first-order valence-electron chi connectivity index (χ1n) is 12.0. The molecule has 1 saturated carbocycles. The zero-order chi connectivity index (χ0) is 22.6. The highest BCUT2D eigenvalue weighted by atomic mass is 32.1. The number of phenolic OH excluding ortho intramolecular Hbond substituents is 1. The summed E-state index contributed by atoms with van der Waals surface area (Å²) in [4.78, 5) is 0. The van der Waals surface area contributed by atoms with Crippen molar-refractivity contribution in [1.82, 2.24) is 5.32 Å². The second kappa shape index (κ2) is 10.1. The van der Waals surface area contributed by atoms with Gasteiger partial charge in [-0.05, 0) is 80.9 Å². The number of fused-ring (bicyclic) bond motifs is 3. The lowest BCUT2D eigenvalue weighted by Crippen LogP contribution is -2.47. The van der Waals surface area contributed by atoms with E-state index in [9.17, 15) is 10.2 Å². The Labute approximate surface area is 193 Å². The van der Waals surface area contributed by atoms with E-state index in [4.69, 9.17) is 17.0 Å².